The highest BCUT2D eigenvalue weighted by Gasteiger charge is 2.21. The van der Waals surface area contributed by atoms with E-state index in [4.69, 9.17) is 4.74 Å². The van der Waals surface area contributed by atoms with E-state index in [1.165, 1.54) is 19.8 Å². The van der Waals surface area contributed by atoms with E-state index in [0.29, 0.717) is 31.3 Å². The lowest BCUT2D eigenvalue weighted by Gasteiger charge is -2.22. The molecule has 2 fully saturated rings. The number of aromatic nitrogens is 3. The van der Waals surface area contributed by atoms with Crippen molar-refractivity contribution in [2.75, 3.05) is 24.6 Å². The van der Waals surface area contributed by atoms with Crippen molar-refractivity contribution in [1.29, 1.82) is 0 Å². The van der Waals surface area contributed by atoms with Crippen LogP contribution in [0.2, 0.25) is 0 Å². The van der Waals surface area contributed by atoms with Gasteiger partial charge in [0, 0.05) is 26.1 Å². The van der Waals surface area contributed by atoms with Gasteiger partial charge in [-0.1, -0.05) is 31.4 Å². The van der Waals surface area contributed by atoms with E-state index >= 15 is 0 Å². The highest BCUT2D eigenvalue weighted by Crippen LogP contribution is 2.27. The SMILES string of the molecule is CC(=O)N(Cc1nc(OCCN2CCCC2=O)c2cc(C)ccc2n1)c1cnccc1C.CC1CC1. The molecule has 1 aliphatic carbocycles. The third kappa shape index (κ3) is 6.56. The normalized spacial score (nSPS) is 15.0. The van der Waals surface area contributed by atoms with E-state index < -0.39 is 0 Å². The summed E-state index contributed by atoms with van der Waals surface area (Å²) in [7, 11) is 0. The predicted octanol–water partition coefficient (Wildman–Crippen LogP) is 4.61. The van der Waals surface area contributed by atoms with Crippen LogP contribution < -0.4 is 9.64 Å². The zero-order valence-corrected chi connectivity index (χ0v) is 21.7. The number of pyridine rings is 1. The number of amides is 2. The highest BCUT2D eigenvalue weighted by atomic mass is 16.5. The zero-order valence-electron chi connectivity index (χ0n) is 21.7. The molecule has 1 aliphatic heterocycles. The Morgan fingerprint density at radius 2 is 1.97 bits per heavy atom. The van der Waals surface area contributed by atoms with Crippen molar-refractivity contribution < 1.29 is 14.3 Å². The molecule has 190 valence electrons. The number of likely N-dealkylation sites (tertiary alicyclic amines) is 1. The van der Waals surface area contributed by atoms with Gasteiger partial charge < -0.3 is 14.5 Å². The first-order valence-electron chi connectivity index (χ1n) is 12.7. The first kappa shape index (κ1) is 25.5. The number of carbonyl (C=O) groups excluding carboxylic acids is 2. The molecular formula is C28H35N5O3. The molecule has 3 heterocycles. The Labute approximate surface area is 212 Å². The minimum atomic E-state index is -0.122. The second-order valence-electron chi connectivity index (χ2n) is 9.75. The molecule has 0 bridgehead atoms. The molecule has 2 amide bonds. The van der Waals surface area contributed by atoms with E-state index in [0.717, 1.165) is 46.6 Å². The summed E-state index contributed by atoms with van der Waals surface area (Å²) in [6.45, 7) is 9.58. The van der Waals surface area contributed by atoms with Crippen molar-refractivity contribution >= 4 is 28.4 Å². The Bertz CT molecular complexity index is 1240. The Balaban J connectivity index is 0.000000692. The Morgan fingerprint density at radius 3 is 2.61 bits per heavy atom. The maximum atomic E-state index is 12.4. The van der Waals surface area contributed by atoms with Crippen LogP contribution in [0.25, 0.3) is 10.9 Å². The molecule has 1 saturated heterocycles. The summed E-state index contributed by atoms with van der Waals surface area (Å²) in [5.41, 5.74) is 3.49. The molecule has 0 spiro atoms. The lowest BCUT2D eigenvalue weighted by Crippen LogP contribution is -2.30. The molecule has 3 aromatic rings. The van der Waals surface area contributed by atoms with Gasteiger partial charge in [0.2, 0.25) is 17.7 Å². The highest BCUT2D eigenvalue weighted by molar-refractivity contribution is 5.92. The average molecular weight is 490 g/mol. The minimum absolute atomic E-state index is 0.122. The molecule has 0 atom stereocenters. The van der Waals surface area contributed by atoms with Gasteiger partial charge in [-0.2, -0.15) is 4.98 Å². The second kappa shape index (κ2) is 11.5. The fourth-order valence-corrected chi connectivity index (χ4v) is 4.05. The van der Waals surface area contributed by atoms with E-state index in [1.807, 2.05) is 43.0 Å². The van der Waals surface area contributed by atoms with Crippen molar-refractivity contribution in [2.24, 2.45) is 5.92 Å². The summed E-state index contributed by atoms with van der Waals surface area (Å²) in [6.07, 6.45) is 7.84. The van der Waals surface area contributed by atoms with E-state index in [9.17, 15) is 9.59 Å². The largest absolute Gasteiger partial charge is 0.475 e. The zero-order chi connectivity index (χ0) is 25.7. The van der Waals surface area contributed by atoms with Gasteiger partial charge in [-0.15, -0.1) is 0 Å². The first-order chi connectivity index (χ1) is 17.3. The summed E-state index contributed by atoms with van der Waals surface area (Å²) < 4.78 is 6.04. The minimum Gasteiger partial charge on any atom is -0.475 e. The van der Waals surface area contributed by atoms with Gasteiger partial charge in [-0.3, -0.25) is 14.6 Å². The van der Waals surface area contributed by atoms with E-state index in [1.54, 1.807) is 17.3 Å². The van der Waals surface area contributed by atoms with Gasteiger partial charge in [0.05, 0.1) is 35.9 Å². The molecule has 2 aromatic heterocycles. The van der Waals surface area contributed by atoms with Crippen LogP contribution in [0.15, 0.2) is 36.7 Å². The van der Waals surface area contributed by atoms with Crippen molar-refractivity contribution in [3.8, 4) is 5.88 Å². The molecule has 2 aliphatic rings. The smallest absolute Gasteiger partial charge is 0.224 e. The summed E-state index contributed by atoms with van der Waals surface area (Å²) in [5, 5.41) is 0.813. The third-order valence-electron chi connectivity index (χ3n) is 6.48. The number of fused-ring (bicyclic) bond motifs is 1. The summed E-state index contributed by atoms with van der Waals surface area (Å²) in [6, 6.07) is 7.77. The number of anilines is 1. The van der Waals surface area contributed by atoms with Crippen molar-refractivity contribution in [1.82, 2.24) is 19.9 Å². The summed E-state index contributed by atoms with van der Waals surface area (Å²) in [5.74, 6) is 2.07. The number of hydrogen-bond acceptors (Lipinski definition) is 6. The second-order valence-corrected chi connectivity index (χ2v) is 9.75. The lowest BCUT2D eigenvalue weighted by molar-refractivity contribution is -0.128. The van der Waals surface area contributed by atoms with Gasteiger partial charge >= 0.3 is 0 Å². The summed E-state index contributed by atoms with van der Waals surface area (Å²) in [4.78, 5) is 41.2. The van der Waals surface area contributed by atoms with Gasteiger partial charge in [0.25, 0.3) is 0 Å². The Morgan fingerprint density at radius 1 is 1.19 bits per heavy atom. The van der Waals surface area contributed by atoms with Gasteiger partial charge in [-0.25, -0.2) is 4.98 Å². The number of hydrogen-bond donors (Lipinski definition) is 0. The van der Waals surface area contributed by atoms with Crippen LogP contribution in [-0.4, -0.2) is 51.4 Å². The fourth-order valence-electron chi connectivity index (χ4n) is 4.05. The monoisotopic (exact) mass is 489 g/mol. The van der Waals surface area contributed by atoms with Crippen LogP contribution >= 0.6 is 0 Å². The first-order valence-corrected chi connectivity index (χ1v) is 12.7. The molecule has 5 rings (SSSR count). The van der Waals surface area contributed by atoms with Crippen LogP contribution in [-0.2, 0) is 16.1 Å². The molecule has 1 saturated carbocycles. The van der Waals surface area contributed by atoms with Gasteiger partial charge in [0.1, 0.15) is 6.61 Å². The number of nitrogens with zero attached hydrogens (tertiary/aromatic N) is 5. The van der Waals surface area contributed by atoms with Crippen LogP contribution in [0.4, 0.5) is 5.69 Å². The molecule has 36 heavy (non-hydrogen) atoms. The van der Waals surface area contributed by atoms with Crippen molar-refractivity contribution in [3.05, 3.63) is 53.6 Å². The maximum absolute atomic E-state index is 12.4. The Kier molecular flexibility index (Phi) is 8.13. The topological polar surface area (TPSA) is 88.5 Å². The molecule has 8 heteroatoms. The third-order valence-corrected chi connectivity index (χ3v) is 6.48. The van der Waals surface area contributed by atoms with Crippen molar-refractivity contribution in [2.45, 2.75) is 59.9 Å². The quantitative estimate of drug-likeness (QED) is 0.481. The molecule has 0 N–H and O–H groups in total. The maximum Gasteiger partial charge on any atom is 0.224 e. The predicted molar refractivity (Wildman–Crippen MR) is 140 cm³/mol. The Hall–Kier alpha value is -3.55. The summed E-state index contributed by atoms with van der Waals surface area (Å²) >= 11 is 0. The van der Waals surface area contributed by atoms with Crippen LogP contribution in [0.5, 0.6) is 5.88 Å². The average Bonchev–Trinajstić information content (AvgIpc) is 3.53. The molecular weight excluding hydrogens is 454 g/mol. The van der Waals surface area contributed by atoms with Gasteiger partial charge in [-0.05, 0) is 49.9 Å². The van der Waals surface area contributed by atoms with E-state index in [2.05, 4.69) is 21.9 Å². The lowest BCUT2D eigenvalue weighted by atomic mass is 10.1. The van der Waals surface area contributed by atoms with Crippen LogP contribution in [0.1, 0.15) is 56.5 Å². The number of carbonyl (C=O) groups is 2. The van der Waals surface area contributed by atoms with E-state index in [-0.39, 0.29) is 18.4 Å². The van der Waals surface area contributed by atoms with Crippen molar-refractivity contribution in [3.63, 3.8) is 0 Å². The van der Waals surface area contributed by atoms with Crippen LogP contribution in [0, 0.1) is 19.8 Å². The number of rotatable bonds is 7. The molecule has 0 radical (unpaired) electrons. The molecule has 8 nitrogen and oxygen atoms in total. The standard InChI is InChI=1S/C24H27N5O3.C4H8/c1-16-6-7-20-19(13-16)24(32-12-11-28-10-4-5-23(28)31)27-22(26-20)15-29(18(3)30)21-14-25-9-8-17(21)2;1-4-2-3-4/h6-9,13-14H,4-5,10-12,15H2,1-3H3;4H,2-3H2,1H3. The number of aryl methyl sites for hydroxylation is 2. The molecule has 1 aromatic carbocycles. The van der Waals surface area contributed by atoms with Gasteiger partial charge in [0.15, 0.2) is 5.82 Å². The fraction of sp³-hybridized carbons (Fsp3) is 0.464. The number of benzene rings is 1. The number of ether oxygens (including phenoxy) is 1. The van der Waals surface area contributed by atoms with Crippen LogP contribution in [0.3, 0.4) is 0 Å². The molecule has 0 unspecified atom stereocenters.